The summed E-state index contributed by atoms with van der Waals surface area (Å²) >= 11 is 0. The second kappa shape index (κ2) is 23.0. The monoisotopic (exact) mass is 280 g/mol. The summed E-state index contributed by atoms with van der Waals surface area (Å²) in [5.41, 5.74) is 0. The number of carbonyl (C=O) groups is 2. The predicted molar refractivity (Wildman–Crippen MR) is 87.9 cm³/mol. The molecular formula is C18H32O2. The second-order valence-corrected chi connectivity index (χ2v) is 4.74. The van der Waals surface area contributed by atoms with Crippen molar-refractivity contribution in [3.8, 4) is 0 Å². The Balaban J connectivity index is 0. The standard InChI is InChI=1S/2C9H16O/c2*1-2-3-4-5-6-7-8-9-10/h2*6-7,9H,2-5,8H2,1H3/b2*7-6-. The summed E-state index contributed by atoms with van der Waals surface area (Å²) in [4.78, 5) is 19.7. The first kappa shape index (κ1) is 21.1. The van der Waals surface area contributed by atoms with Crippen molar-refractivity contribution in [1.82, 2.24) is 0 Å². The first-order chi connectivity index (χ1) is 9.83. The minimum atomic E-state index is 0.576. The van der Waals surface area contributed by atoms with Crippen LogP contribution in [-0.2, 0) is 9.59 Å². The summed E-state index contributed by atoms with van der Waals surface area (Å²) in [7, 11) is 0. The van der Waals surface area contributed by atoms with E-state index < -0.39 is 0 Å². The van der Waals surface area contributed by atoms with Gasteiger partial charge in [-0.15, -0.1) is 0 Å². The highest BCUT2D eigenvalue weighted by Gasteiger charge is 1.81. The van der Waals surface area contributed by atoms with Gasteiger partial charge >= 0.3 is 0 Å². The van der Waals surface area contributed by atoms with E-state index in [1.807, 2.05) is 12.2 Å². The maximum Gasteiger partial charge on any atom is 0.123 e. The van der Waals surface area contributed by atoms with Gasteiger partial charge in [-0.25, -0.2) is 0 Å². The minimum absolute atomic E-state index is 0.576. The van der Waals surface area contributed by atoms with Gasteiger partial charge in [0.15, 0.2) is 0 Å². The number of unbranched alkanes of at least 4 members (excludes halogenated alkanes) is 6. The van der Waals surface area contributed by atoms with Crippen molar-refractivity contribution in [1.29, 1.82) is 0 Å². The van der Waals surface area contributed by atoms with Gasteiger partial charge in [-0.2, -0.15) is 0 Å². The number of hydrogen-bond acceptors (Lipinski definition) is 2. The van der Waals surface area contributed by atoms with Crippen molar-refractivity contribution in [2.24, 2.45) is 0 Å². The molecule has 0 N–H and O–H groups in total. The van der Waals surface area contributed by atoms with E-state index in [0.717, 1.165) is 25.4 Å². The van der Waals surface area contributed by atoms with E-state index in [4.69, 9.17) is 0 Å². The van der Waals surface area contributed by atoms with Crippen molar-refractivity contribution in [3.63, 3.8) is 0 Å². The van der Waals surface area contributed by atoms with Gasteiger partial charge in [0, 0.05) is 12.8 Å². The van der Waals surface area contributed by atoms with Gasteiger partial charge < -0.3 is 9.59 Å². The summed E-state index contributed by atoms with van der Waals surface area (Å²) in [5, 5.41) is 0. The summed E-state index contributed by atoms with van der Waals surface area (Å²) in [6.45, 7) is 4.38. The molecule has 0 aliphatic heterocycles. The first-order valence-corrected chi connectivity index (χ1v) is 8.00. The molecule has 0 spiro atoms. The lowest BCUT2D eigenvalue weighted by molar-refractivity contribution is -0.107. The molecule has 0 aliphatic rings. The average molecular weight is 280 g/mol. The number of carbonyl (C=O) groups excluding carboxylic acids is 2. The molecule has 0 amide bonds. The van der Waals surface area contributed by atoms with E-state index in [1.165, 1.54) is 38.5 Å². The maximum absolute atomic E-state index is 9.84. The maximum atomic E-state index is 9.84. The lowest BCUT2D eigenvalue weighted by atomic mass is 10.2. The molecule has 0 atom stereocenters. The molecule has 2 nitrogen and oxygen atoms in total. The quantitative estimate of drug-likeness (QED) is 0.271. The van der Waals surface area contributed by atoms with Crippen molar-refractivity contribution in [2.45, 2.75) is 78.1 Å². The van der Waals surface area contributed by atoms with Crippen LogP contribution in [0.3, 0.4) is 0 Å². The zero-order valence-electron chi connectivity index (χ0n) is 13.4. The fourth-order valence-corrected chi connectivity index (χ4v) is 1.56. The van der Waals surface area contributed by atoms with E-state index in [2.05, 4.69) is 26.0 Å². The molecule has 2 heteroatoms. The number of allylic oxidation sites excluding steroid dienone is 4. The SMILES string of the molecule is CCCCC/C=C\CC=O.CCCCC/C=C\CC=O. The van der Waals surface area contributed by atoms with E-state index >= 15 is 0 Å². The predicted octanol–water partition coefficient (Wildman–Crippen LogP) is 5.42. The normalized spacial score (nSPS) is 10.5. The molecule has 0 bridgehead atoms. The number of rotatable bonds is 12. The third kappa shape index (κ3) is 25.6. The molecule has 0 fully saturated rings. The van der Waals surface area contributed by atoms with Gasteiger partial charge in [-0.3, -0.25) is 0 Å². The molecular weight excluding hydrogens is 248 g/mol. The molecule has 0 radical (unpaired) electrons. The molecule has 116 valence electrons. The Morgan fingerprint density at radius 3 is 1.30 bits per heavy atom. The van der Waals surface area contributed by atoms with E-state index in [1.54, 1.807) is 0 Å². The van der Waals surface area contributed by atoms with Crippen molar-refractivity contribution in [3.05, 3.63) is 24.3 Å². The zero-order chi connectivity index (χ0) is 15.3. The molecule has 0 aliphatic carbocycles. The minimum Gasteiger partial charge on any atom is -0.303 e. The van der Waals surface area contributed by atoms with Crippen LogP contribution in [0.1, 0.15) is 78.1 Å². The lowest BCUT2D eigenvalue weighted by Crippen LogP contribution is -1.71. The summed E-state index contributed by atoms with van der Waals surface area (Å²) in [6, 6.07) is 0. The van der Waals surface area contributed by atoms with Crippen LogP contribution in [0.5, 0.6) is 0 Å². The number of hydrogen-bond donors (Lipinski definition) is 0. The molecule has 0 aromatic rings. The van der Waals surface area contributed by atoms with Crippen LogP contribution in [0.25, 0.3) is 0 Å². The fourth-order valence-electron chi connectivity index (χ4n) is 1.56. The highest BCUT2D eigenvalue weighted by atomic mass is 16.1. The summed E-state index contributed by atoms with van der Waals surface area (Å²) in [5.74, 6) is 0. The van der Waals surface area contributed by atoms with Gasteiger partial charge in [-0.1, -0.05) is 63.8 Å². The number of aldehydes is 2. The molecule has 0 saturated carbocycles. The lowest BCUT2D eigenvalue weighted by Gasteiger charge is -1.89. The van der Waals surface area contributed by atoms with Gasteiger partial charge in [0.1, 0.15) is 12.6 Å². The van der Waals surface area contributed by atoms with Crippen LogP contribution in [-0.4, -0.2) is 12.6 Å². The molecule has 0 heterocycles. The molecule has 0 aromatic heterocycles. The summed E-state index contributed by atoms with van der Waals surface area (Å²) < 4.78 is 0. The molecule has 0 unspecified atom stereocenters. The van der Waals surface area contributed by atoms with E-state index in [-0.39, 0.29) is 0 Å². The van der Waals surface area contributed by atoms with Crippen LogP contribution in [0.15, 0.2) is 24.3 Å². The molecule has 20 heavy (non-hydrogen) atoms. The first-order valence-electron chi connectivity index (χ1n) is 8.00. The smallest absolute Gasteiger partial charge is 0.123 e. The van der Waals surface area contributed by atoms with Crippen LogP contribution in [0.2, 0.25) is 0 Å². The highest BCUT2D eigenvalue weighted by molar-refractivity contribution is 5.52. The topological polar surface area (TPSA) is 34.1 Å². The Labute approximate surface area is 125 Å². The van der Waals surface area contributed by atoms with E-state index in [0.29, 0.717) is 12.8 Å². The molecule has 0 rings (SSSR count). The van der Waals surface area contributed by atoms with Crippen LogP contribution in [0.4, 0.5) is 0 Å². The Bertz CT molecular complexity index is 216. The zero-order valence-corrected chi connectivity index (χ0v) is 13.4. The Kier molecular flexibility index (Phi) is 24.2. The largest absolute Gasteiger partial charge is 0.303 e. The Morgan fingerprint density at radius 2 is 1.00 bits per heavy atom. The van der Waals surface area contributed by atoms with Gasteiger partial charge in [0.25, 0.3) is 0 Å². The second-order valence-electron chi connectivity index (χ2n) is 4.74. The van der Waals surface area contributed by atoms with Crippen LogP contribution in [0, 0.1) is 0 Å². The van der Waals surface area contributed by atoms with Gasteiger partial charge in [0.05, 0.1) is 0 Å². The van der Waals surface area contributed by atoms with Gasteiger partial charge in [0.2, 0.25) is 0 Å². The third-order valence-corrected chi connectivity index (χ3v) is 2.75. The summed E-state index contributed by atoms with van der Waals surface area (Å²) in [6.07, 6.45) is 20.9. The highest BCUT2D eigenvalue weighted by Crippen LogP contribution is 2.00. The van der Waals surface area contributed by atoms with Gasteiger partial charge in [-0.05, 0) is 25.7 Å². The van der Waals surface area contributed by atoms with Crippen molar-refractivity contribution >= 4 is 12.6 Å². The fraction of sp³-hybridized carbons (Fsp3) is 0.667. The average Bonchev–Trinajstić information content (AvgIpc) is 2.47. The Hall–Kier alpha value is -1.18. The van der Waals surface area contributed by atoms with Crippen LogP contribution < -0.4 is 0 Å². The van der Waals surface area contributed by atoms with Crippen molar-refractivity contribution in [2.75, 3.05) is 0 Å². The van der Waals surface area contributed by atoms with Crippen LogP contribution >= 0.6 is 0 Å². The Morgan fingerprint density at radius 1 is 0.600 bits per heavy atom. The third-order valence-electron chi connectivity index (χ3n) is 2.75. The molecule has 0 saturated heterocycles. The van der Waals surface area contributed by atoms with Crippen molar-refractivity contribution < 1.29 is 9.59 Å². The van der Waals surface area contributed by atoms with E-state index in [9.17, 15) is 9.59 Å². The molecule has 0 aromatic carbocycles.